The van der Waals surface area contributed by atoms with Crippen molar-refractivity contribution in [2.24, 2.45) is 11.8 Å². The molecule has 2 rings (SSSR count). The molecule has 0 fully saturated rings. The lowest BCUT2D eigenvalue weighted by atomic mass is 9.91. The van der Waals surface area contributed by atoms with Crippen LogP contribution in [-0.4, -0.2) is 20.8 Å². The first kappa shape index (κ1) is 21.7. The van der Waals surface area contributed by atoms with Crippen LogP contribution in [0.3, 0.4) is 0 Å². The summed E-state index contributed by atoms with van der Waals surface area (Å²) in [6.45, 7) is 15.9. The minimum Gasteiger partial charge on any atom is -0.443 e. The molecule has 0 spiro atoms. The van der Waals surface area contributed by atoms with Crippen LogP contribution in [0.4, 0.5) is 4.79 Å². The fourth-order valence-corrected chi connectivity index (χ4v) is 3.73. The van der Waals surface area contributed by atoms with E-state index in [0.717, 1.165) is 26.5 Å². The molecule has 5 nitrogen and oxygen atoms in total. The maximum atomic E-state index is 13.1. The third-order valence-electron chi connectivity index (χ3n) is 4.77. The first-order chi connectivity index (χ1) is 12.3. The van der Waals surface area contributed by atoms with Gasteiger partial charge in [-0.3, -0.25) is 4.57 Å². The van der Waals surface area contributed by atoms with Crippen LogP contribution >= 0.6 is 15.9 Å². The Kier molecular flexibility index (Phi) is 6.30. The van der Waals surface area contributed by atoms with Gasteiger partial charge in [0, 0.05) is 10.5 Å². The summed E-state index contributed by atoms with van der Waals surface area (Å²) in [5.41, 5.74) is 1.41. The lowest BCUT2D eigenvalue weighted by Gasteiger charge is -2.19. The Balaban J connectivity index is 2.71. The molecule has 0 aliphatic rings. The van der Waals surface area contributed by atoms with Gasteiger partial charge in [0.1, 0.15) is 5.60 Å². The zero-order valence-electron chi connectivity index (χ0n) is 17.6. The molecular weight excluding hydrogens is 408 g/mol. The lowest BCUT2D eigenvalue weighted by Crippen LogP contribution is -2.34. The molecule has 1 aromatic heterocycles. The third-order valence-corrected chi connectivity index (χ3v) is 5.38. The highest BCUT2D eigenvalue weighted by Crippen LogP contribution is 2.29. The van der Waals surface area contributed by atoms with E-state index < -0.39 is 11.7 Å². The van der Waals surface area contributed by atoms with Crippen molar-refractivity contribution in [3.8, 4) is 0 Å². The predicted molar refractivity (Wildman–Crippen MR) is 114 cm³/mol. The molecule has 0 saturated heterocycles. The summed E-state index contributed by atoms with van der Waals surface area (Å²) in [6.07, 6.45) is 0.261. The zero-order chi connectivity index (χ0) is 20.7. The van der Waals surface area contributed by atoms with Crippen molar-refractivity contribution in [1.82, 2.24) is 9.13 Å². The SMILES string of the molecule is CC(C)C(C)Cc1cc(Br)c2c(c1)n(C(C)C)c(=O)n2C(=O)OC(C)(C)C. The number of aromatic nitrogens is 2. The monoisotopic (exact) mass is 438 g/mol. The van der Waals surface area contributed by atoms with Crippen molar-refractivity contribution < 1.29 is 9.53 Å². The number of ether oxygens (including phenoxy) is 1. The first-order valence-corrected chi connectivity index (χ1v) is 10.3. The summed E-state index contributed by atoms with van der Waals surface area (Å²) < 4.78 is 9.01. The summed E-state index contributed by atoms with van der Waals surface area (Å²) in [7, 11) is 0. The Labute approximate surface area is 169 Å². The van der Waals surface area contributed by atoms with Crippen LogP contribution in [0.15, 0.2) is 21.4 Å². The quantitative estimate of drug-likeness (QED) is 0.608. The van der Waals surface area contributed by atoms with Gasteiger partial charge in [-0.15, -0.1) is 0 Å². The summed E-state index contributed by atoms with van der Waals surface area (Å²) in [6, 6.07) is 3.96. The van der Waals surface area contributed by atoms with Gasteiger partial charge < -0.3 is 4.74 Å². The summed E-state index contributed by atoms with van der Waals surface area (Å²) in [4.78, 5) is 25.8. The van der Waals surface area contributed by atoms with Crippen LogP contribution in [0.25, 0.3) is 11.0 Å². The van der Waals surface area contributed by atoms with Gasteiger partial charge in [-0.25, -0.2) is 9.59 Å². The summed E-state index contributed by atoms with van der Waals surface area (Å²) in [5.74, 6) is 1.08. The predicted octanol–water partition coefficient (Wildman–Crippen LogP) is 5.76. The van der Waals surface area contributed by atoms with E-state index in [1.54, 1.807) is 25.3 Å². The highest BCUT2D eigenvalue weighted by molar-refractivity contribution is 9.10. The van der Waals surface area contributed by atoms with E-state index in [1.165, 1.54) is 0 Å². The van der Waals surface area contributed by atoms with Crippen molar-refractivity contribution in [1.29, 1.82) is 0 Å². The van der Waals surface area contributed by atoms with Crippen molar-refractivity contribution in [2.45, 2.75) is 73.5 Å². The fraction of sp³-hybridized carbons (Fsp3) is 0.619. The molecule has 1 heterocycles. The second-order valence-electron chi connectivity index (χ2n) is 8.93. The number of hydrogen-bond donors (Lipinski definition) is 0. The smallest absolute Gasteiger partial charge is 0.423 e. The number of nitrogens with zero attached hydrogens (tertiary/aromatic N) is 2. The molecule has 6 heteroatoms. The third kappa shape index (κ3) is 4.65. The van der Waals surface area contributed by atoms with Crippen LogP contribution in [0.1, 0.15) is 67.0 Å². The highest BCUT2D eigenvalue weighted by Gasteiger charge is 2.26. The number of fused-ring (bicyclic) bond motifs is 1. The molecule has 0 aliphatic carbocycles. The minimum absolute atomic E-state index is 0.0756. The lowest BCUT2D eigenvalue weighted by molar-refractivity contribution is 0.0536. The van der Waals surface area contributed by atoms with Gasteiger partial charge in [-0.05, 0) is 86.5 Å². The standard InChI is InChI=1S/C21H31BrN2O3/c1-12(2)14(5)9-15-10-16(22)18-17(11-15)23(13(3)4)19(25)24(18)20(26)27-21(6,7)8/h10-14H,9H2,1-8H3. The van der Waals surface area contributed by atoms with Crippen LogP contribution < -0.4 is 5.69 Å². The number of carbonyl (C=O) groups excluding carboxylic acids is 1. The van der Waals surface area contributed by atoms with Crippen molar-refractivity contribution >= 4 is 33.1 Å². The van der Waals surface area contributed by atoms with Crippen molar-refractivity contribution in [3.63, 3.8) is 0 Å². The van der Waals surface area contributed by atoms with E-state index in [4.69, 9.17) is 4.74 Å². The molecule has 0 bridgehead atoms. The molecule has 0 saturated carbocycles. The van der Waals surface area contributed by atoms with Gasteiger partial charge in [0.15, 0.2) is 0 Å². The van der Waals surface area contributed by atoms with E-state index in [0.29, 0.717) is 17.4 Å². The molecule has 0 radical (unpaired) electrons. The molecule has 1 unspecified atom stereocenters. The second-order valence-corrected chi connectivity index (χ2v) is 9.79. The Morgan fingerprint density at radius 2 is 1.74 bits per heavy atom. The maximum absolute atomic E-state index is 13.1. The Morgan fingerprint density at radius 1 is 1.15 bits per heavy atom. The molecule has 150 valence electrons. The van der Waals surface area contributed by atoms with Gasteiger partial charge in [-0.1, -0.05) is 20.8 Å². The van der Waals surface area contributed by atoms with E-state index in [2.05, 4.69) is 36.7 Å². The Bertz CT molecular complexity index is 901. The maximum Gasteiger partial charge on any atom is 0.423 e. The molecule has 1 aromatic carbocycles. The zero-order valence-corrected chi connectivity index (χ0v) is 19.2. The first-order valence-electron chi connectivity index (χ1n) is 9.52. The molecule has 27 heavy (non-hydrogen) atoms. The Hall–Kier alpha value is -1.56. The number of carbonyl (C=O) groups is 1. The van der Waals surface area contributed by atoms with E-state index in [9.17, 15) is 9.59 Å². The Morgan fingerprint density at radius 3 is 2.22 bits per heavy atom. The van der Waals surface area contributed by atoms with E-state index in [1.807, 2.05) is 26.0 Å². The van der Waals surface area contributed by atoms with Gasteiger partial charge in [0.25, 0.3) is 0 Å². The normalized spacial score (nSPS) is 13.6. The largest absolute Gasteiger partial charge is 0.443 e. The molecule has 0 amide bonds. The number of rotatable bonds is 4. The number of imidazole rings is 1. The average Bonchev–Trinajstić information content (AvgIpc) is 2.77. The molecule has 0 N–H and O–H groups in total. The fourth-order valence-electron chi connectivity index (χ4n) is 3.05. The number of halogens is 1. The summed E-state index contributed by atoms with van der Waals surface area (Å²) >= 11 is 3.59. The molecule has 0 aliphatic heterocycles. The topological polar surface area (TPSA) is 53.2 Å². The minimum atomic E-state index is -0.679. The van der Waals surface area contributed by atoms with Gasteiger partial charge >= 0.3 is 11.8 Å². The van der Waals surface area contributed by atoms with Crippen molar-refractivity contribution in [3.05, 3.63) is 32.7 Å². The van der Waals surface area contributed by atoms with Crippen LogP contribution in [0.5, 0.6) is 0 Å². The average molecular weight is 439 g/mol. The van der Waals surface area contributed by atoms with E-state index >= 15 is 0 Å². The second kappa shape index (κ2) is 7.82. The van der Waals surface area contributed by atoms with Crippen LogP contribution in [0, 0.1) is 11.8 Å². The van der Waals surface area contributed by atoms with Gasteiger partial charge in [-0.2, -0.15) is 4.57 Å². The van der Waals surface area contributed by atoms with Crippen LogP contribution in [-0.2, 0) is 11.2 Å². The molecule has 1 atom stereocenters. The summed E-state index contributed by atoms with van der Waals surface area (Å²) in [5, 5.41) is 0. The van der Waals surface area contributed by atoms with Gasteiger partial charge in [0.05, 0.1) is 11.0 Å². The number of benzene rings is 1. The number of hydrogen-bond acceptors (Lipinski definition) is 3. The molecule has 2 aromatic rings. The molecular formula is C21H31BrN2O3. The van der Waals surface area contributed by atoms with Gasteiger partial charge in [0.2, 0.25) is 0 Å². The highest BCUT2D eigenvalue weighted by atomic mass is 79.9. The van der Waals surface area contributed by atoms with Crippen molar-refractivity contribution in [2.75, 3.05) is 0 Å². The van der Waals surface area contributed by atoms with Crippen LogP contribution in [0.2, 0.25) is 0 Å². The van der Waals surface area contributed by atoms with E-state index in [-0.39, 0.29) is 11.7 Å².